The summed E-state index contributed by atoms with van der Waals surface area (Å²) in [6.07, 6.45) is 2.68. The number of hydrogen-bond donors (Lipinski definition) is 2. The van der Waals surface area contributed by atoms with Crippen LogP contribution in [0.4, 0.5) is 0 Å². The Bertz CT molecular complexity index is 569. The summed E-state index contributed by atoms with van der Waals surface area (Å²) < 4.78 is 0. The van der Waals surface area contributed by atoms with Gasteiger partial charge >= 0.3 is 5.97 Å². The average Bonchev–Trinajstić information content (AvgIpc) is 2.87. The van der Waals surface area contributed by atoms with E-state index in [1.54, 1.807) is 11.3 Å². The minimum absolute atomic E-state index is 0.200. The average molecular weight is 311 g/mol. The molecular weight excluding hydrogens is 296 g/mol. The lowest BCUT2D eigenvalue weighted by Crippen LogP contribution is -2.14. The number of rotatable bonds is 7. The van der Waals surface area contributed by atoms with Gasteiger partial charge in [-0.15, -0.1) is 11.3 Å². The number of aliphatic carboxylic acids is 1. The van der Waals surface area contributed by atoms with Gasteiger partial charge in [-0.05, 0) is 25.1 Å². The number of thiazole rings is 1. The van der Waals surface area contributed by atoms with Crippen LogP contribution in [0.25, 0.3) is 10.6 Å². The molecule has 0 aliphatic rings. The van der Waals surface area contributed by atoms with E-state index in [2.05, 4.69) is 10.3 Å². The van der Waals surface area contributed by atoms with E-state index in [0.29, 0.717) is 24.5 Å². The number of hydrogen-bond acceptors (Lipinski definition) is 4. The van der Waals surface area contributed by atoms with Gasteiger partial charge < -0.3 is 10.4 Å². The molecule has 0 saturated heterocycles. The zero-order valence-electron chi connectivity index (χ0n) is 10.8. The lowest BCUT2D eigenvalue weighted by Gasteiger charge is -2.00. The Morgan fingerprint density at radius 3 is 2.80 bits per heavy atom. The Hall–Kier alpha value is -1.43. The molecule has 1 aromatic heterocycles. The van der Waals surface area contributed by atoms with Gasteiger partial charge in [0.15, 0.2) is 0 Å². The van der Waals surface area contributed by atoms with Crippen LogP contribution >= 0.6 is 22.9 Å². The van der Waals surface area contributed by atoms with E-state index in [1.807, 2.05) is 30.5 Å². The van der Waals surface area contributed by atoms with Crippen molar-refractivity contribution in [2.45, 2.75) is 19.4 Å². The number of carboxylic acid groups (broad SMARTS) is 1. The first-order valence-electron chi connectivity index (χ1n) is 6.28. The molecule has 0 aliphatic heterocycles. The maximum absolute atomic E-state index is 10.4. The summed E-state index contributed by atoms with van der Waals surface area (Å²) in [5, 5.41) is 13.4. The third-order valence-electron chi connectivity index (χ3n) is 2.69. The molecule has 0 aliphatic carbocycles. The van der Waals surface area contributed by atoms with E-state index in [1.165, 1.54) is 0 Å². The van der Waals surface area contributed by atoms with E-state index in [-0.39, 0.29) is 6.42 Å². The van der Waals surface area contributed by atoms with Crippen molar-refractivity contribution < 1.29 is 9.90 Å². The van der Waals surface area contributed by atoms with Crippen LogP contribution in [0.1, 0.15) is 17.7 Å². The second-order valence-corrected chi connectivity index (χ2v) is 5.86. The van der Waals surface area contributed by atoms with Crippen molar-refractivity contribution in [2.24, 2.45) is 0 Å². The van der Waals surface area contributed by atoms with Crippen LogP contribution in [0.15, 0.2) is 30.5 Å². The summed E-state index contributed by atoms with van der Waals surface area (Å²) >= 11 is 7.48. The minimum atomic E-state index is -0.755. The molecule has 0 unspecified atom stereocenters. The van der Waals surface area contributed by atoms with Crippen molar-refractivity contribution in [1.29, 1.82) is 0 Å². The molecular formula is C14H15ClN2O2S. The van der Waals surface area contributed by atoms with Gasteiger partial charge in [-0.25, -0.2) is 4.98 Å². The van der Waals surface area contributed by atoms with Crippen LogP contribution in [0.2, 0.25) is 5.02 Å². The molecule has 0 amide bonds. The van der Waals surface area contributed by atoms with E-state index in [9.17, 15) is 4.79 Å². The first-order chi connectivity index (χ1) is 9.65. The van der Waals surface area contributed by atoms with Gasteiger partial charge in [-0.2, -0.15) is 0 Å². The third-order valence-corrected chi connectivity index (χ3v) is 3.99. The number of halogens is 1. The van der Waals surface area contributed by atoms with Crippen LogP contribution in [-0.4, -0.2) is 22.6 Å². The van der Waals surface area contributed by atoms with Crippen LogP contribution in [0.3, 0.4) is 0 Å². The normalized spacial score (nSPS) is 10.7. The van der Waals surface area contributed by atoms with E-state index < -0.39 is 5.97 Å². The minimum Gasteiger partial charge on any atom is -0.481 e. The molecule has 0 bridgehead atoms. The van der Waals surface area contributed by atoms with Gasteiger partial charge in [0.2, 0.25) is 0 Å². The molecule has 1 heterocycles. The number of nitrogens with one attached hydrogen (secondary N) is 1. The van der Waals surface area contributed by atoms with Crippen molar-refractivity contribution in [3.8, 4) is 10.6 Å². The van der Waals surface area contributed by atoms with Gasteiger partial charge in [0, 0.05) is 34.6 Å². The Morgan fingerprint density at radius 2 is 2.10 bits per heavy atom. The zero-order valence-corrected chi connectivity index (χ0v) is 12.4. The summed E-state index contributed by atoms with van der Waals surface area (Å²) in [7, 11) is 0. The fourth-order valence-corrected chi connectivity index (χ4v) is 2.70. The molecule has 20 heavy (non-hydrogen) atoms. The maximum atomic E-state index is 10.4. The summed E-state index contributed by atoms with van der Waals surface area (Å²) in [6, 6.07) is 7.60. The molecule has 6 heteroatoms. The van der Waals surface area contributed by atoms with Crippen molar-refractivity contribution in [2.75, 3.05) is 6.54 Å². The fraction of sp³-hybridized carbons (Fsp3) is 0.286. The largest absolute Gasteiger partial charge is 0.481 e. The van der Waals surface area contributed by atoms with E-state index in [4.69, 9.17) is 16.7 Å². The number of nitrogens with zero attached hydrogens (tertiary/aromatic N) is 1. The SMILES string of the molecule is O=C(O)CCCNCc1cnc(-c2ccc(Cl)cc2)s1. The lowest BCUT2D eigenvalue weighted by molar-refractivity contribution is -0.137. The predicted octanol–water partition coefficient (Wildman–Crippen LogP) is 3.42. The van der Waals surface area contributed by atoms with Gasteiger partial charge in [-0.3, -0.25) is 4.79 Å². The summed E-state index contributed by atoms with van der Waals surface area (Å²) in [6.45, 7) is 1.41. The highest BCUT2D eigenvalue weighted by Crippen LogP contribution is 2.26. The molecule has 0 atom stereocenters. The molecule has 106 valence electrons. The zero-order chi connectivity index (χ0) is 14.4. The first kappa shape index (κ1) is 15.0. The van der Waals surface area contributed by atoms with Crippen LogP contribution in [0, 0.1) is 0 Å². The lowest BCUT2D eigenvalue weighted by atomic mass is 10.2. The molecule has 4 nitrogen and oxygen atoms in total. The number of carboxylic acids is 1. The summed E-state index contributed by atoms with van der Waals surface area (Å²) in [4.78, 5) is 15.9. The highest BCUT2D eigenvalue weighted by atomic mass is 35.5. The van der Waals surface area contributed by atoms with Gasteiger partial charge in [0.05, 0.1) is 0 Å². The monoisotopic (exact) mass is 310 g/mol. The fourth-order valence-electron chi connectivity index (χ4n) is 1.69. The topological polar surface area (TPSA) is 62.2 Å². The Balaban J connectivity index is 1.83. The Labute approximate surface area is 126 Å². The van der Waals surface area contributed by atoms with E-state index >= 15 is 0 Å². The summed E-state index contributed by atoms with van der Waals surface area (Å²) in [5.41, 5.74) is 1.05. The van der Waals surface area contributed by atoms with Crippen LogP contribution in [0.5, 0.6) is 0 Å². The van der Waals surface area contributed by atoms with Gasteiger partial charge in [0.1, 0.15) is 5.01 Å². The summed E-state index contributed by atoms with van der Waals surface area (Å²) in [5.74, 6) is -0.755. The Morgan fingerprint density at radius 1 is 1.35 bits per heavy atom. The molecule has 1 aromatic carbocycles. The van der Waals surface area contributed by atoms with Crippen LogP contribution in [-0.2, 0) is 11.3 Å². The number of carbonyl (C=O) groups is 1. The quantitative estimate of drug-likeness (QED) is 0.769. The molecule has 2 N–H and O–H groups in total. The standard InChI is InChI=1S/C14H15ClN2O2S/c15-11-5-3-10(4-6-11)14-17-9-12(20-14)8-16-7-1-2-13(18)19/h3-6,9,16H,1-2,7-8H2,(H,18,19). The Kier molecular flexibility index (Phi) is 5.52. The number of aromatic nitrogens is 1. The van der Waals surface area contributed by atoms with E-state index in [0.717, 1.165) is 15.4 Å². The van der Waals surface area contributed by atoms with Gasteiger partial charge in [-0.1, -0.05) is 23.7 Å². The predicted molar refractivity (Wildman–Crippen MR) is 81.1 cm³/mol. The smallest absolute Gasteiger partial charge is 0.303 e. The van der Waals surface area contributed by atoms with Crippen molar-refractivity contribution in [3.63, 3.8) is 0 Å². The van der Waals surface area contributed by atoms with Crippen LogP contribution < -0.4 is 5.32 Å². The molecule has 0 fully saturated rings. The van der Waals surface area contributed by atoms with Crippen molar-refractivity contribution in [3.05, 3.63) is 40.4 Å². The molecule has 0 saturated carbocycles. The molecule has 0 radical (unpaired) electrons. The molecule has 0 spiro atoms. The first-order valence-corrected chi connectivity index (χ1v) is 7.48. The highest BCUT2D eigenvalue weighted by Gasteiger charge is 2.04. The highest BCUT2D eigenvalue weighted by molar-refractivity contribution is 7.15. The molecule has 2 aromatic rings. The van der Waals surface area contributed by atoms with Crippen molar-refractivity contribution in [1.82, 2.24) is 10.3 Å². The number of benzene rings is 1. The molecule has 2 rings (SSSR count). The second kappa shape index (κ2) is 7.38. The van der Waals surface area contributed by atoms with Crippen molar-refractivity contribution >= 4 is 28.9 Å². The van der Waals surface area contributed by atoms with Gasteiger partial charge in [0.25, 0.3) is 0 Å². The second-order valence-electron chi connectivity index (χ2n) is 4.31. The third kappa shape index (κ3) is 4.59. The maximum Gasteiger partial charge on any atom is 0.303 e.